The fourth-order valence-electron chi connectivity index (χ4n) is 4.62. The molecule has 2 fully saturated rings. The highest BCUT2D eigenvalue weighted by molar-refractivity contribution is 8.18. The first kappa shape index (κ1) is 24.3. The Kier molecular flexibility index (Phi) is 6.93. The molecule has 0 bridgehead atoms. The molecule has 5 rings (SSSR count). The van der Waals surface area contributed by atoms with Crippen LogP contribution in [0.25, 0.3) is 17.0 Å². The van der Waals surface area contributed by atoms with Gasteiger partial charge in [-0.15, -0.1) is 0 Å². The Morgan fingerprint density at radius 3 is 2.58 bits per heavy atom. The number of fused-ring (bicyclic) bond motifs is 1. The van der Waals surface area contributed by atoms with E-state index in [1.807, 2.05) is 29.0 Å². The number of carbonyl (C=O) groups excluding carboxylic acids is 3. The van der Waals surface area contributed by atoms with Gasteiger partial charge in [-0.3, -0.25) is 19.3 Å². The number of amides is 3. The van der Waals surface area contributed by atoms with E-state index in [1.54, 1.807) is 29.2 Å². The quantitative estimate of drug-likeness (QED) is 0.462. The second kappa shape index (κ2) is 10.3. The summed E-state index contributed by atoms with van der Waals surface area (Å²) in [5.74, 6) is -0.899. The van der Waals surface area contributed by atoms with Crippen LogP contribution in [0.3, 0.4) is 0 Å². The first-order valence-corrected chi connectivity index (χ1v) is 12.7. The van der Waals surface area contributed by atoms with E-state index in [-0.39, 0.29) is 29.5 Å². The van der Waals surface area contributed by atoms with Gasteiger partial charge in [-0.05, 0) is 35.9 Å². The van der Waals surface area contributed by atoms with Crippen molar-refractivity contribution in [2.24, 2.45) is 0 Å². The summed E-state index contributed by atoms with van der Waals surface area (Å²) in [7, 11) is 0. The van der Waals surface area contributed by atoms with Crippen LogP contribution >= 0.6 is 11.8 Å². The molecule has 36 heavy (non-hydrogen) atoms. The third-order valence-corrected chi connectivity index (χ3v) is 7.42. The molecule has 2 aliphatic rings. The monoisotopic (exact) mass is 507 g/mol. The van der Waals surface area contributed by atoms with Crippen LogP contribution in [0.1, 0.15) is 23.6 Å². The van der Waals surface area contributed by atoms with Gasteiger partial charge >= 0.3 is 0 Å². The largest absolute Gasteiger partial charge is 0.378 e. The van der Waals surface area contributed by atoms with Gasteiger partial charge in [0, 0.05) is 35.8 Å². The third kappa shape index (κ3) is 4.68. The van der Waals surface area contributed by atoms with E-state index in [0.29, 0.717) is 26.3 Å². The van der Waals surface area contributed by atoms with E-state index in [9.17, 15) is 18.8 Å². The van der Waals surface area contributed by atoms with Crippen LogP contribution in [0.5, 0.6) is 0 Å². The fourth-order valence-corrected chi connectivity index (χ4v) is 5.45. The fraction of sp³-hybridized carbons (Fsp3) is 0.296. The molecule has 0 unspecified atom stereocenters. The van der Waals surface area contributed by atoms with Crippen molar-refractivity contribution < 1.29 is 23.5 Å². The number of halogens is 1. The molecule has 0 radical (unpaired) electrons. The first-order valence-electron chi connectivity index (χ1n) is 11.9. The Morgan fingerprint density at radius 2 is 1.83 bits per heavy atom. The number of thioether (sulfide) groups is 1. The first-order chi connectivity index (χ1) is 17.5. The van der Waals surface area contributed by atoms with Crippen LogP contribution in [0.15, 0.2) is 53.6 Å². The molecule has 0 N–H and O–H groups in total. The third-order valence-electron chi connectivity index (χ3n) is 6.51. The average molecular weight is 508 g/mol. The number of morpholine rings is 1. The maximum atomic E-state index is 14.1. The van der Waals surface area contributed by atoms with Gasteiger partial charge in [-0.25, -0.2) is 4.39 Å². The molecule has 2 aromatic carbocycles. The number of rotatable bonds is 6. The van der Waals surface area contributed by atoms with Gasteiger partial charge in [0.15, 0.2) is 0 Å². The maximum absolute atomic E-state index is 14.1. The second-order valence-electron chi connectivity index (χ2n) is 8.73. The molecule has 2 saturated heterocycles. The smallest absolute Gasteiger partial charge is 0.293 e. The molecular formula is C27H26FN3O4S. The van der Waals surface area contributed by atoms with Gasteiger partial charge in [-0.2, -0.15) is 0 Å². The van der Waals surface area contributed by atoms with Gasteiger partial charge in [0.05, 0.1) is 30.2 Å². The summed E-state index contributed by atoms with van der Waals surface area (Å²) in [6.45, 7) is 4.32. The molecule has 186 valence electrons. The number of imide groups is 1. The number of hydrogen-bond donors (Lipinski definition) is 0. The molecule has 3 heterocycles. The summed E-state index contributed by atoms with van der Waals surface area (Å²) >= 11 is 0.844. The normalized spacial score (nSPS) is 17.6. The van der Waals surface area contributed by atoms with Gasteiger partial charge in [0.2, 0.25) is 5.91 Å². The molecule has 0 spiro atoms. The number of nitrogens with zero attached hydrogens (tertiary/aromatic N) is 3. The van der Waals surface area contributed by atoms with Crippen LogP contribution in [0, 0.1) is 5.82 Å². The lowest BCUT2D eigenvalue weighted by Gasteiger charge is -2.27. The minimum Gasteiger partial charge on any atom is -0.378 e. The molecule has 1 aromatic heterocycles. The molecule has 0 saturated carbocycles. The Morgan fingerprint density at radius 1 is 1.08 bits per heavy atom. The van der Waals surface area contributed by atoms with Crippen molar-refractivity contribution in [3.63, 3.8) is 0 Å². The van der Waals surface area contributed by atoms with Crippen LogP contribution in [-0.2, 0) is 33.8 Å². The molecule has 3 amide bonds. The molecule has 0 aliphatic carbocycles. The van der Waals surface area contributed by atoms with Gasteiger partial charge in [0.25, 0.3) is 11.1 Å². The van der Waals surface area contributed by atoms with Gasteiger partial charge in [0.1, 0.15) is 12.4 Å². The zero-order valence-electron chi connectivity index (χ0n) is 19.9. The average Bonchev–Trinajstić information content (AvgIpc) is 3.37. The molecule has 9 heteroatoms. The highest BCUT2D eigenvalue weighted by Gasteiger charge is 2.35. The predicted molar refractivity (Wildman–Crippen MR) is 137 cm³/mol. The summed E-state index contributed by atoms with van der Waals surface area (Å²) in [6, 6.07) is 12.1. The minimum atomic E-state index is -0.458. The lowest BCUT2D eigenvalue weighted by atomic mass is 10.1. The second-order valence-corrected chi connectivity index (χ2v) is 9.72. The standard InChI is InChI=1S/C27H26FN3O4S/c1-2-18-7-5-8-21-20(15-30(25(18)21)17-24(32)29-10-12-35-13-11-29)14-23-26(33)31(27(34)36-23)16-19-6-3-4-9-22(19)28/h3-9,14-15H,2,10-13,16-17H2,1H3/b23-14-. The SMILES string of the molecule is CCc1cccc2c(/C=C3\SC(=O)N(Cc4ccccc4F)C3=O)cn(CC(=O)N3CCOCC3)c12. The van der Waals surface area contributed by atoms with E-state index in [0.717, 1.165) is 45.1 Å². The van der Waals surface area contributed by atoms with E-state index in [1.165, 1.54) is 6.07 Å². The number of ether oxygens (including phenoxy) is 1. The van der Waals surface area contributed by atoms with Crippen molar-refractivity contribution in [1.82, 2.24) is 14.4 Å². The van der Waals surface area contributed by atoms with Crippen LogP contribution in [0.2, 0.25) is 0 Å². The van der Waals surface area contributed by atoms with Crippen molar-refractivity contribution in [3.8, 4) is 0 Å². The summed E-state index contributed by atoms with van der Waals surface area (Å²) in [5, 5.41) is 0.472. The van der Waals surface area contributed by atoms with Crippen molar-refractivity contribution in [1.29, 1.82) is 0 Å². The van der Waals surface area contributed by atoms with E-state index in [2.05, 4.69) is 6.92 Å². The number of hydrogen-bond acceptors (Lipinski definition) is 5. The summed E-state index contributed by atoms with van der Waals surface area (Å²) in [4.78, 5) is 41.9. The lowest BCUT2D eigenvalue weighted by molar-refractivity contribution is -0.135. The number of para-hydroxylation sites is 1. The van der Waals surface area contributed by atoms with E-state index >= 15 is 0 Å². The van der Waals surface area contributed by atoms with Crippen molar-refractivity contribution in [2.45, 2.75) is 26.4 Å². The van der Waals surface area contributed by atoms with Gasteiger partial charge in [-0.1, -0.05) is 43.3 Å². The number of aryl methyl sites for hydroxylation is 1. The van der Waals surface area contributed by atoms with E-state index < -0.39 is 17.0 Å². The highest BCUT2D eigenvalue weighted by Crippen LogP contribution is 2.36. The Balaban J connectivity index is 1.47. The Bertz CT molecular complexity index is 1380. The zero-order chi connectivity index (χ0) is 25.2. The number of carbonyl (C=O) groups is 3. The Hall–Kier alpha value is -3.43. The molecule has 7 nitrogen and oxygen atoms in total. The van der Waals surface area contributed by atoms with E-state index in [4.69, 9.17) is 4.74 Å². The molecule has 3 aromatic rings. The van der Waals surface area contributed by atoms with Gasteiger partial charge < -0.3 is 14.2 Å². The van der Waals surface area contributed by atoms with Crippen LogP contribution in [-0.4, -0.2) is 57.7 Å². The number of aromatic nitrogens is 1. The lowest BCUT2D eigenvalue weighted by Crippen LogP contribution is -2.42. The molecular weight excluding hydrogens is 481 g/mol. The predicted octanol–water partition coefficient (Wildman–Crippen LogP) is 4.44. The highest BCUT2D eigenvalue weighted by atomic mass is 32.2. The van der Waals surface area contributed by atoms with Crippen LogP contribution < -0.4 is 0 Å². The summed E-state index contributed by atoms with van der Waals surface area (Å²) in [6.07, 6.45) is 4.35. The van der Waals surface area contributed by atoms with Crippen molar-refractivity contribution in [2.75, 3.05) is 26.3 Å². The van der Waals surface area contributed by atoms with Crippen LogP contribution in [0.4, 0.5) is 9.18 Å². The summed E-state index contributed by atoms with van der Waals surface area (Å²) < 4.78 is 21.4. The zero-order valence-corrected chi connectivity index (χ0v) is 20.7. The number of benzene rings is 2. The topological polar surface area (TPSA) is 71.9 Å². The maximum Gasteiger partial charge on any atom is 0.293 e. The minimum absolute atomic E-state index is 0.0119. The molecule has 2 aliphatic heterocycles. The van der Waals surface area contributed by atoms with Crippen molar-refractivity contribution in [3.05, 3.63) is 76.1 Å². The summed E-state index contributed by atoms with van der Waals surface area (Å²) in [5.41, 5.74) is 3.08. The molecule has 0 atom stereocenters. The van der Waals surface area contributed by atoms with Crippen molar-refractivity contribution >= 4 is 45.8 Å². The Labute approximate surface area is 212 Å².